The van der Waals surface area contributed by atoms with Crippen molar-refractivity contribution in [2.45, 2.75) is 6.92 Å². The molecule has 0 aliphatic rings. The molecule has 1 amide bonds. The van der Waals surface area contributed by atoms with Crippen molar-refractivity contribution in [3.63, 3.8) is 0 Å². The molecule has 0 aliphatic carbocycles. The number of rotatable bonds is 2. The van der Waals surface area contributed by atoms with Crippen LogP contribution in [0, 0.1) is 0 Å². The van der Waals surface area contributed by atoms with Crippen molar-refractivity contribution in [2.24, 2.45) is 4.99 Å². The van der Waals surface area contributed by atoms with E-state index in [1.54, 1.807) is 21.0 Å². The third-order valence-electron chi connectivity index (χ3n) is 0.993. The summed E-state index contributed by atoms with van der Waals surface area (Å²) < 4.78 is 0. The number of aliphatic imine (C=N–C) groups is 1. The first kappa shape index (κ1) is 9.10. The van der Waals surface area contributed by atoms with E-state index in [2.05, 4.69) is 15.6 Å². The lowest BCUT2D eigenvalue weighted by molar-refractivity contribution is -0.118. The smallest absolute Gasteiger partial charge is 0.239 e. The third-order valence-corrected chi connectivity index (χ3v) is 0.993. The Bertz CT molecular complexity index is 142. The van der Waals surface area contributed by atoms with Gasteiger partial charge < -0.3 is 10.6 Å². The van der Waals surface area contributed by atoms with Gasteiger partial charge in [-0.05, 0) is 14.0 Å². The van der Waals surface area contributed by atoms with E-state index < -0.39 is 0 Å². The van der Waals surface area contributed by atoms with Crippen LogP contribution in [0.2, 0.25) is 0 Å². The van der Waals surface area contributed by atoms with Gasteiger partial charge in [-0.2, -0.15) is 0 Å². The minimum Gasteiger partial charge on any atom is -0.314 e. The number of likely N-dealkylation sites (N-methyl/N-ethyl adjacent to an activating group) is 1. The van der Waals surface area contributed by atoms with Gasteiger partial charge in [-0.3, -0.25) is 9.79 Å². The van der Waals surface area contributed by atoms with Crippen LogP contribution in [0.3, 0.4) is 0 Å². The minimum absolute atomic E-state index is 0.0643. The number of carbonyl (C=O) groups is 1. The fraction of sp³-hybridized carbons (Fsp3) is 0.667. The van der Waals surface area contributed by atoms with Gasteiger partial charge in [-0.1, -0.05) is 0 Å². The second kappa shape index (κ2) is 4.93. The molecule has 0 aromatic rings. The largest absolute Gasteiger partial charge is 0.314 e. The summed E-state index contributed by atoms with van der Waals surface area (Å²) in [6.07, 6.45) is 0. The van der Waals surface area contributed by atoms with Crippen LogP contribution in [0.15, 0.2) is 4.99 Å². The monoisotopic (exact) mass is 143 g/mol. The Morgan fingerprint density at radius 1 is 1.60 bits per heavy atom. The Morgan fingerprint density at radius 2 is 2.20 bits per heavy atom. The second-order valence-corrected chi connectivity index (χ2v) is 1.89. The van der Waals surface area contributed by atoms with Gasteiger partial charge in [0.2, 0.25) is 5.91 Å². The molecule has 4 nitrogen and oxygen atoms in total. The molecule has 0 aromatic heterocycles. The molecule has 10 heavy (non-hydrogen) atoms. The molecule has 0 rings (SSSR count). The zero-order valence-electron chi connectivity index (χ0n) is 6.56. The SMILES string of the molecule is CN=C(C)NC(=O)CNC. The maximum absolute atomic E-state index is 10.8. The minimum atomic E-state index is -0.0643. The molecule has 0 aliphatic heterocycles. The Kier molecular flexibility index (Phi) is 4.49. The highest BCUT2D eigenvalue weighted by atomic mass is 16.1. The molecule has 0 unspecified atom stereocenters. The molecule has 0 radical (unpaired) electrons. The normalized spacial score (nSPS) is 11.3. The number of amidine groups is 1. The second-order valence-electron chi connectivity index (χ2n) is 1.89. The van der Waals surface area contributed by atoms with Crippen molar-refractivity contribution >= 4 is 11.7 Å². The van der Waals surface area contributed by atoms with E-state index in [0.29, 0.717) is 12.4 Å². The van der Waals surface area contributed by atoms with Crippen LogP contribution in [0.1, 0.15) is 6.92 Å². The Balaban J connectivity index is 3.58. The van der Waals surface area contributed by atoms with Crippen LogP contribution >= 0.6 is 0 Å². The topological polar surface area (TPSA) is 53.5 Å². The quantitative estimate of drug-likeness (QED) is 0.399. The molecule has 0 saturated heterocycles. The molecule has 0 aromatic carbocycles. The van der Waals surface area contributed by atoms with Gasteiger partial charge >= 0.3 is 0 Å². The van der Waals surface area contributed by atoms with Gasteiger partial charge in [0.25, 0.3) is 0 Å². The van der Waals surface area contributed by atoms with E-state index in [1.807, 2.05) is 0 Å². The highest BCUT2D eigenvalue weighted by Crippen LogP contribution is 1.68. The van der Waals surface area contributed by atoms with Crippen molar-refractivity contribution < 1.29 is 4.79 Å². The number of hydrogen-bond acceptors (Lipinski definition) is 3. The van der Waals surface area contributed by atoms with Crippen LogP contribution in [0.4, 0.5) is 0 Å². The van der Waals surface area contributed by atoms with E-state index in [1.165, 1.54) is 0 Å². The summed E-state index contributed by atoms with van der Waals surface area (Å²) in [5.74, 6) is 0.575. The van der Waals surface area contributed by atoms with Crippen LogP contribution < -0.4 is 10.6 Å². The lowest BCUT2D eigenvalue weighted by Gasteiger charge is -2.01. The van der Waals surface area contributed by atoms with Gasteiger partial charge in [0.15, 0.2) is 0 Å². The summed E-state index contributed by atoms with van der Waals surface area (Å²) in [6.45, 7) is 2.07. The molecule has 0 atom stereocenters. The van der Waals surface area contributed by atoms with E-state index in [0.717, 1.165) is 0 Å². The lowest BCUT2D eigenvalue weighted by atomic mass is 10.5. The zero-order valence-corrected chi connectivity index (χ0v) is 6.56. The average molecular weight is 143 g/mol. The fourth-order valence-corrected chi connectivity index (χ4v) is 0.462. The van der Waals surface area contributed by atoms with Crippen molar-refractivity contribution in [2.75, 3.05) is 20.6 Å². The van der Waals surface area contributed by atoms with Gasteiger partial charge in [-0.15, -0.1) is 0 Å². The predicted molar refractivity (Wildman–Crippen MR) is 41.1 cm³/mol. The maximum Gasteiger partial charge on any atom is 0.239 e. The van der Waals surface area contributed by atoms with Crippen LogP contribution in [-0.2, 0) is 4.79 Å². The highest BCUT2D eigenvalue weighted by Gasteiger charge is 1.97. The summed E-state index contributed by atoms with van der Waals surface area (Å²) in [5, 5.41) is 5.31. The van der Waals surface area contributed by atoms with Crippen molar-refractivity contribution in [1.82, 2.24) is 10.6 Å². The summed E-state index contributed by atoms with van der Waals surface area (Å²) in [6, 6.07) is 0. The molecular formula is C6H13N3O. The Labute approximate surface area is 60.7 Å². The first-order chi connectivity index (χ1) is 4.70. The fourth-order valence-electron chi connectivity index (χ4n) is 0.462. The average Bonchev–Trinajstić information content (AvgIpc) is 1.88. The lowest BCUT2D eigenvalue weighted by Crippen LogP contribution is -2.35. The summed E-state index contributed by atoms with van der Waals surface area (Å²) in [5.41, 5.74) is 0. The third kappa shape index (κ3) is 4.03. The Morgan fingerprint density at radius 3 is 2.60 bits per heavy atom. The Hall–Kier alpha value is -0.900. The molecular weight excluding hydrogens is 130 g/mol. The summed E-state index contributed by atoms with van der Waals surface area (Å²) in [4.78, 5) is 14.5. The molecule has 58 valence electrons. The molecule has 0 heterocycles. The molecule has 4 heteroatoms. The van der Waals surface area contributed by atoms with Crippen molar-refractivity contribution in [1.29, 1.82) is 0 Å². The van der Waals surface area contributed by atoms with Gasteiger partial charge in [0, 0.05) is 7.05 Å². The van der Waals surface area contributed by atoms with Gasteiger partial charge in [0.05, 0.1) is 12.4 Å². The molecule has 0 fully saturated rings. The van der Waals surface area contributed by atoms with Crippen LogP contribution in [-0.4, -0.2) is 32.4 Å². The zero-order chi connectivity index (χ0) is 7.98. The number of hydrogen-bond donors (Lipinski definition) is 2. The first-order valence-electron chi connectivity index (χ1n) is 3.08. The van der Waals surface area contributed by atoms with E-state index in [9.17, 15) is 4.79 Å². The predicted octanol–water partition coefficient (Wildman–Crippen LogP) is -0.630. The number of nitrogens with zero attached hydrogens (tertiary/aromatic N) is 1. The maximum atomic E-state index is 10.8. The van der Waals surface area contributed by atoms with Gasteiger partial charge in [0.1, 0.15) is 0 Å². The van der Waals surface area contributed by atoms with Gasteiger partial charge in [-0.25, -0.2) is 0 Å². The van der Waals surface area contributed by atoms with Crippen LogP contribution in [0.5, 0.6) is 0 Å². The highest BCUT2D eigenvalue weighted by molar-refractivity contribution is 5.97. The van der Waals surface area contributed by atoms with Crippen molar-refractivity contribution in [3.05, 3.63) is 0 Å². The first-order valence-corrected chi connectivity index (χ1v) is 3.08. The number of nitrogens with one attached hydrogen (secondary N) is 2. The van der Waals surface area contributed by atoms with E-state index in [-0.39, 0.29) is 5.91 Å². The summed E-state index contributed by atoms with van der Waals surface area (Å²) >= 11 is 0. The van der Waals surface area contributed by atoms with Crippen molar-refractivity contribution in [3.8, 4) is 0 Å². The number of carbonyl (C=O) groups excluding carboxylic acids is 1. The van der Waals surface area contributed by atoms with Crippen LogP contribution in [0.25, 0.3) is 0 Å². The molecule has 0 spiro atoms. The molecule has 0 bridgehead atoms. The van der Waals surface area contributed by atoms with E-state index >= 15 is 0 Å². The number of amides is 1. The molecule has 2 N–H and O–H groups in total. The molecule has 0 saturated carbocycles. The standard InChI is InChI=1S/C6H13N3O/c1-5(8-3)9-6(10)4-7-2/h7H,4H2,1-3H3,(H,8,9,10). The summed E-state index contributed by atoms with van der Waals surface area (Å²) in [7, 11) is 3.35. The van der Waals surface area contributed by atoms with E-state index in [4.69, 9.17) is 0 Å².